The Hall–Kier alpha value is -3.80. The molecule has 0 bridgehead atoms. The van der Waals surface area contributed by atoms with Crippen LogP contribution in [-0.4, -0.2) is 19.9 Å². The number of aromatic hydroxyl groups is 3. The van der Waals surface area contributed by atoms with Crippen molar-refractivity contribution in [1.29, 1.82) is 0 Å². The summed E-state index contributed by atoms with van der Waals surface area (Å²) in [5.74, 6) is -1.53. The maximum absolute atomic E-state index is 14.7. The molecule has 0 radical (unpaired) electrons. The standard InChI is InChI=1S/C23H17F2NO3/c1-26-22(17-8-6-15(28)10-20(17)24)12-19(13-2-4-14(27)5-3-13)23(26)18-9-7-16(29)11-21(18)25/h2-12,27-29H,1H3. The molecule has 0 saturated heterocycles. The van der Waals surface area contributed by atoms with Crippen molar-refractivity contribution in [3.63, 3.8) is 0 Å². The van der Waals surface area contributed by atoms with Crippen molar-refractivity contribution in [3.8, 4) is 50.9 Å². The zero-order valence-corrected chi connectivity index (χ0v) is 15.4. The Balaban J connectivity index is 2.02. The van der Waals surface area contributed by atoms with Gasteiger partial charge < -0.3 is 19.9 Å². The normalized spacial score (nSPS) is 11.0. The third kappa shape index (κ3) is 3.29. The average molecular weight is 393 g/mol. The number of rotatable bonds is 3. The van der Waals surface area contributed by atoms with Crippen molar-refractivity contribution < 1.29 is 24.1 Å². The third-order valence-electron chi connectivity index (χ3n) is 4.85. The Kier molecular flexibility index (Phi) is 4.47. The highest BCUT2D eigenvalue weighted by Gasteiger charge is 2.21. The molecule has 0 aliphatic rings. The second kappa shape index (κ2) is 6.98. The minimum atomic E-state index is -0.621. The molecule has 4 nitrogen and oxygen atoms in total. The van der Waals surface area contributed by atoms with Gasteiger partial charge in [-0.05, 0) is 48.0 Å². The second-order valence-corrected chi connectivity index (χ2v) is 6.73. The number of phenolic OH excluding ortho intramolecular Hbond substituents is 3. The van der Waals surface area contributed by atoms with Gasteiger partial charge in [-0.1, -0.05) is 12.1 Å². The topological polar surface area (TPSA) is 65.6 Å². The molecule has 0 saturated carbocycles. The summed E-state index contributed by atoms with van der Waals surface area (Å²) in [7, 11) is 1.69. The molecule has 0 aliphatic carbocycles. The van der Waals surface area contributed by atoms with Crippen molar-refractivity contribution >= 4 is 0 Å². The zero-order valence-electron chi connectivity index (χ0n) is 15.4. The van der Waals surface area contributed by atoms with Gasteiger partial charge in [0.1, 0.15) is 28.9 Å². The molecule has 29 heavy (non-hydrogen) atoms. The van der Waals surface area contributed by atoms with E-state index in [-0.39, 0.29) is 28.4 Å². The molecule has 146 valence electrons. The number of nitrogens with zero attached hydrogens (tertiary/aromatic N) is 1. The van der Waals surface area contributed by atoms with Gasteiger partial charge in [-0.25, -0.2) is 8.78 Å². The van der Waals surface area contributed by atoms with Crippen molar-refractivity contribution in [2.24, 2.45) is 7.05 Å². The molecule has 0 atom stereocenters. The summed E-state index contributed by atoms with van der Waals surface area (Å²) in [5, 5.41) is 28.7. The van der Waals surface area contributed by atoms with Gasteiger partial charge in [-0.2, -0.15) is 0 Å². The average Bonchev–Trinajstić information content (AvgIpc) is 2.99. The van der Waals surface area contributed by atoms with Crippen LogP contribution in [0.1, 0.15) is 0 Å². The lowest BCUT2D eigenvalue weighted by atomic mass is 10.0. The molecular weight excluding hydrogens is 376 g/mol. The van der Waals surface area contributed by atoms with Gasteiger partial charge in [-0.3, -0.25) is 0 Å². The molecular formula is C23H17F2NO3. The van der Waals surface area contributed by atoms with Crippen LogP contribution in [0.4, 0.5) is 8.78 Å². The smallest absolute Gasteiger partial charge is 0.136 e. The minimum Gasteiger partial charge on any atom is -0.508 e. The van der Waals surface area contributed by atoms with Gasteiger partial charge in [0.15, 0.2) is 0 Å². The van der Waals surface area contributed by atoms with E-state index in [2.05, 4.69) is 0 Å². The highest BCUT2D eigenvalue weighted by molar-refractivity contribution is 5.87. The predicted octanol–water partition coefficient (Wildman–Crippen LogP) is 5.42. The summed E-state index contributed by atoms with van der Waals surface area (Å²) in [6, 6.07) is 15.8. The molecule has 0 spiro atoms. The van der Waals surface area contributed by atoms with E-state index in [1.165, 1.54) is 36.4 Å². The van der Waals surface area contributed by atoms with Crippen LogP contribution in [0.25, 0.3) is 33.6 Å². The van der Waals surface area contributed by atoms with Crippen molar-refractivity contribution in [2.75, 3.05) is 0 Å². The number of halogens is 2. The Morgan fingerprint density at radius 2 is 1.14 bits per heavy atom. The van der Waals surface area contributed by atoms with Crippen LogP contribution in [0, 0.1) is 11.6 Å². The molecule has 3 aromatic carbocycles. The van der Waals surface area contributed by atoms with Crippen molar-refractivity contribution in [2.45, 2.75) is 0 Å². The van der Waals surface area contributed by atoms with Gasteiger partial charge in [0.25, 0.3) is 0 Å². The fourth-order valence-electron chi connectivity index (χ4n) is 3.46. The molecule has 1 heterocycles. The van der Waals surface area contributed by atoms with E-state index < -0.39 is 11.6 Å². The summed E-state index contributed by atoms with van der Waals surface area (Å²) in [4.78, 5) is 0. The fourth-order valence-corrected chi connectivity index (χ4v) is 3.46. The van der Waals surface area contributed by atoms with Gasteiger partial charge >= 0.3 is 0 Å². The SMILES string of the molecule is Cn1c(-c2ccc(O)cc2F)cc(-c2ccc(O)cc2)c1-c1ccc(O)cc1F. The number of phenols is 3. The first kappa shape index (κ1) is 18.6. The summed E-state index contributed by atoms with van der Waals surface area (Å²) in [5.41, 5.74) is 2.77. The first-order valence-corrected chi connectivity index (χ1v) is 8.82. The third-order valence-corrected chi connectivity index (χ3v) is 4.85. The van der Waals surface area contributed by atoms with Crippen LogP contribution in [0.15, 0.2) is 66.7 Å². The molecule has 4 aromatic rings. The van der Waals surface area contributed by atoms with Crippen molar-refractivity contribution in [3.05, 3.63) is 78.4 Å². The van der Waals surface area contributed by atoms with Crippen LogP contribution >= 0.6 is 0 Å². The lowest BCUT2D eigenvalue weighted by Crippen LogP contribution is -1.98. The van der Waals surface area contributed by atoms with E-state index in [0.717, 1.165) is 12.1 Å². The monoisotopic (exact) mass is 393 g/mol. The predicted molar refractivity (Wildman–Crippen MR) is 107 cm³/mol. The van der Waals surface area contributed by atoms with Gasteiger partial charge in [-0.15, -0.1) is 0 Å². The van der Waals surface area contributed by atoms with E-state index in [1.807, 2.05) is 0 Å². The lowest BCUT2D eigenvalue weighted by Gasteiger charge is -2.12. The molecule has 6 heteroatoms. The highest BCUT2D eigenvalue weighted by Crippen LogP contribution is 2.41. The highest BCUT2D eigenvalue weighted by atomic mass is 19.1. The van der Waals surface area contributed by atoms with E-state index in [9.17, 15) is 24.1 Å². The van der Waals surface area contributed by atoms with E-state index in [1.54, 1.807) is 29.8 Å². The zero-order chi connectivity index (χ0) is 20.7. The molecule has 4 rings (SSSR count). The van der Waals surface area contributed by atoms with Crippen molar-refractivity contribution in [1.82, 2.24) is 4.57 Å². The van der Waals surface area contributed by atoms with Crippen LogP contribution in [0.5, 0.6) is 17.2 Å². The number of aromatic nitrogens is 1. The van der Waals surface area contributed by atoms with E-state index in [0.29, 0.717) is 22.5 Å². The molecule has 3 N–H and O–H groups in total. The quantitative estimate of drug-likeness (QED) is 0.435. The largest absolute Gasteiger partial charge is 0.508 e. The first-order valence-electron chi connectivity index (χ1n) is 8.82. The lowest BCUT2D eigenvalue weighted by molar-refractivity contribution is 0.469. The van der Waals surface area contributed by atoms with E-state index >= 15 is 0 Å². The summed E-state index contributed by atoms with van der Waals surface area (Å²) in [6.07, 6.45) is 0. The second-order valence-electron chi connectivity index (χ2n) is 6.73. The van der Waals surface area contributed by atoms with Crippen LogP contribution < -0.4 is 0 Å². The molecule has 0 amide bonds. The van der Waals surface area contributed by atoms with Gasteiger partial charge in [0, 0.05) is 35.9 Å². The van der Waals surface area contributed by atoms with E-state index in [4.69, 9.17) is 0 Å². The summed E-state index contributed by atoms with van der Waals surface area (Å²) < 4.78 is 30.9. The Bertz CT molecular complexity index is 1210. The maximum Gasteiger partial charge on any atom is 0.136 e. The Morgan fingerprint density at radius 1 is 0.621 bits per heavy atom. The number of hydrogen-bond acceptors (Lipinski definition) is 3. The van der Waals surface area contributed by atoms with Crippen LogP contribution in [0.2, 0.25) is 0 Å². The molecule has 0 fully saturated rings. The Morgan fingerprint density at radius 3 is 1.69 bits per heavy atom. The van der Waals surface area contributed by atoms with Gasteiger partial charge in [0.05, 0.1) is 11.4 Å². The molecule has 0 unspecified atom stereocenters. The van der Waals surface area contributed by atoms with Crippen LogP contribution in [-0.2, 0) is 7.05 Å². The maximum atomic E-state index is 14.7. The Labute approximate surface area is 165 Å². The summed E-state index contributed by atoms with van der Waals surface area (Å²) >= 11 is 0. The van der Waals surface area contributed by atoms with Gasteiger partial charge in [0.2, 0.25) is 0 Å². The first-order chi connectivity index (χ1) is 13.8. The molecule has 1 aromatic heterocycles. The fraction of sp³-hybridized carbons (Fsp3) is 0.0435. The van der Waals surface area contributed by atoms with Crippen LogP contribution in [0.3, 0.4) is 0 Å². The number of hydrogen-bond donors (Lipinski definition) is 3. The minimum absolute atomic E-state index is 0.0897. The number of benzene rings is 3. The molecule has 0 aliphatic heterocycles. The summed E-state index contributed by atoms with van der Waals surface area (Å²) in [6.45, 7) is 0.